The molecule has 1 aliphatic heterocycles. The van der Waals surface area contributed by atoms with Crippen molar-refractivity contribution in [2.45, 2.75) is 25.7 Å². The summed E-state index contributed by atoms with van der Waals surface area (Å²) in [5.41, 5.74) is 2.09. The number of likely N-dealkylation sites (tertiary alicyclic amines) is 1. The number of guanidine groups is 1. The maximum atomic E-state index is 13.5. The molecule has 0 aliphatic carbocycles. The Morgan fingerprint density at radius 1 is 1.26 bits per heavy atom. The number of aromatic amines is 1. The molecule has 7 heteroatoms. The van der Waals surface area contributed by atoms with E-state index < -0.39 is 0 Å². The molecule has 0 spiro atoms. The molecular formula is C20H31FIN5. The zero-order valence-electron chi connectivity index (χ0n) is 16.2. The highest BCUT2D eigenvalue weighted by atomic mass is 127. The van der Waals surface area contributed by atoms with Crippen LogP contribution in [0.4, 0.5) is 4.39 Å². The Kier molecular flexibility index (Phi) is 8.82. The Bertz CT molecular complexity index is 737. The van der Waals surface area contributed by atoms with Gasteiger partial charge in [-0.1, -0.05) is 0 Å². The van der Waals surface area contributed by atoms with Crippen LogP contribution in [0.5, 0.6) is 0 Å². The number of H-pyrrole nitrogens is 1. The first-order valence-corrected chi connectivity index (χ1v) is 9.54. The second-order valence-electron chi connectivity index (χ2n) is 7.21. The van der Waals surface area contributed by atoms with Crippen molar-refractivity contribution in [3.05, 3.63) is 35.8 Å². The van der Waals surface area contributed by atoms with Gasteiger partial charge in [-0.2, -0.15) is 0 Å². The van der Waals surface area contributed by atoms with Gasteiger partial charge in [-0.25, -0.2) is 4.39 Å². The summed E-state index contributed by atoms with van der Waals surface area (Å²) in [4.78, 5) is 9.90. The Hall–Kier alpha value is -1.35. The molecule has 3 N–H and O–H groups in total. The first-order chi connectivity index (χ1) is 12.7. The molecule has 0 saturated carbocycles. The van der Waals surface area contributed by atoms with E-state index in [2.05, 4.69) is 32.6 Å². The molecule has 0 amide bonds. The fraction of sp³-hybridized carbons (Fsp3) is 0.550. The summed E-state index contributed by atoms with van der Waals surface area (Å²) in [6.45, 7) is 4.13. The van der Waals surface area contributed by atoms with Gasteiger partial charge in [0.15, 0.2) is 5.96 Å². The minimum absolute atomic E-state index is 0. The van der Waals surface area contributed by atoms with Gasteiger partial charge in [0.1, 0.15) is 5.82 Å². The number of benzene rings is 1. The average Bonchev–Trinajstić information content (AvgIpc) is 3.04. The van der Waals surface area contributed by atoms with Crippen molar-refractivity contribution in [1.29, 1.82) is 0 Å². The maximum Gasteiger partial charge on any atom is 0.190 e. The zero-order valence-corrected chi connectivity index (χ0v) is 18.6. The van der Waals surface area contributed by atoms with Crippen LogP contribution in [0.15, 0.2) is 29.4 Å². The molecular weight excluding hydrogens is 456 g/mol. The van der Waals surface area contributed by atoms with Gasteiger partial charge in [0.2, 0.25) is 0 Å². The molecule has 1 fully saturated rings. The monoisotopic (exact) mass is 487 g/mol. The minimum atomic E-state index is -0.197. The molecule has 3 rings (SSSR count). The second-order valence-corrected chi connectivity index (χ2v) is 7.21. The van der Waals surface area contributed by atoms with Gasteiger partial charge >= 0.3 is 0 Å². The van der Waals surface area contributed by atoms with Crippen LogP contribution in [0.1, 0.15) is 24.8 Å². The quantitative estimate of drug-likeness (QED) is 0.333. The third-order valence-corrected chi connectivity index (χ3v) is 5.32. The van der Waals surface area contributed by atoms with Gasteiger partial charge in [-0.15, -0.1) is 24.0 Å². The Morgan fingerprint density at radius 2 is 2.00 bits per heavy atom. The lowest BCUT2D eigenvalue weighted by Crippen LogP contribution is -2.39. The summed E-state index contributed by atoms with van der Waals surface area (Å²) in [5, 5.41) is 7.72. The molecule has 0 unspecified atom stereocenters. The van der Waals surface area contributed by atoms with E-state index in [0.717, 1.165) is 47.9 Å². The molecule has 2 aromatic rings. The largest absolute Gasteiger partial charge is 0.361 e. The van der Waals surface area contributed by atoms with E-state index >= 15 is 0 Å². The van der Waals surface area contributed by atoms with Crippen molar-refractivity contribution < 1.29 is 4.39 Å². The molecule has 1 aromatic carbocycles. The van der Waals surface area contributed by atoms with Crippen LogP contribution in [0.25, 0.3) is 10.9 Å². The van der Waals surface area contributed by atoms with Gasteiger partial charge in [-0.05, 0) is 75.5 Å². The van der Waals surface area contributed by atoms with Gasteiger partial charge in [0.05, 0.1) is 0 Å². The SMILES string of the molecule is CN=C(NCCc1c[nH]c2ccc(F)cc12)NCCC1CCN(C)CC1.I. The standard InChI is InChI=1S/C20H30FN5.HI/c1-22-20(23-9-5-15-7-11-26(2)12-8-15)24-10-6-16-14-25-19-4-3-17(21)13-18(16)19;/h3-4,13-15,25H,5-12H2,1-2H3,(H2,22,23,24);1H. The predicted octanol–water partition coefficient (Wildman–Crippen LogP) is 3.36. The number of hydrogen-bond acceptors (Lipinski definition) is 2. The third-order valence-electron chi connectivity index (χ3n) is 5.32. The number of aliphatic imine (C=N–C) groups is 1. The lowest BCUT2D eigenvalue weighted by Gasteiger charge is -2.29. The number of halogens is 2. The van der Waals surface area contributed by atoms with E-state index in [1.165, 1.54) is 38.4 Å². The number of rotatable bonds is 6. The molecule has 1 aliphatic rings. The predicted molar refractivity (Wildman–Crippen MR) is 122 cm³/mol. The van der Waals surface area contributed by atoms with E-state index in [0.29, 0.717) is 0 Å². The summed E-state index contributed by atoms with van der Waals surface area (Å²) >= 11 is 0. The normalized spacial score (nSPS) is 16.3. The van der Waals surface area contributed by atoms with Crippen LogP contribution in [0.2, 0.25) is 0 Å². The first-order valence-electron chi connectivity index (χ1n) is 9.54. The van der Waals surface area contributed by atoms with Crippen LogP contribution in [0.3, 0.4) is 0 Å². The van der Waals surface area contributed by atoms with Crippen LogP contribution >= 0.6 is 24.0 Å². The number of piperidine rings is 1. The fourth-order valence-corrected chi connectivity index (χ4v) is 3.64. The van der Waals surface area contributed by atoms with Gasteiger partial charge < -0.3 is 20.5 Å². The molecule has 0 atom stereocenters. The number of nitrogens with one attached hydrogen (secondary N) is 3. The molecule has 0 radical (unpaired) electrons. The van der Waals surface area contributed by atoms with Crippen molar-refractivity contribution in [3.8, 4) is 0 Å². The second kappa shape index (κ2) is 10.8. The Balaban J connectivity index is 0.00000261. The number of hydrogen-bond donors (Lipinski definition) is 3. The average molecular weight is 487 g/mol. The number of aromatic nitrogens is 1. The van der Waals surface area contributed by atoms with E-state index in [-0.39, 0.29) is 29.8 Å². The topological polar surface area (TPSA) is 55.5 Å². The van der Waals surface area contributed by atoms with Gasteiger partial charge in [-0.3, -0.25) is 4.99 Å². The summed E-state index contributed by atoms with van der Waals surface area (Å²) in [6.07, 6.45) is 6.56. The van der Waals surface area contributed by atoms with Crippen LogP contribution in [-0.2, 0) is 6.42 Å². The lowest BCUT2D eigenvalue weighted by atomic mass is 9.94. The zero-order chi connectivity index (χ0) is 18.4. The van der Waals surface area contributed by atoms with E-state index in [1.807, 2.05) is 6.20 Å². The van der Waals surface area contributed by atoms with Gasteiger partial charge in [0, 0.05) is 37.2 Å². The Labute approximate surface area is 178 Å². The molecule has 5 nitrogen and oxygen atoms in total. The summed E-state index contributed by atoms with van der Waals surface area (Å²) in [7, 11) is 3.99. The van der Waals surface area contributed by atoms with Crippen molar-refractivity contribution in [2.24, 2.45) is 10.9 Å². The van der Waals surface area contributed by atoms with E-state index in [4.69, 9.17) is 0 Å². The van der Waals surface area contributed by atoms with Crippen LogP contribution < -0.4 is 10.6 Å². The number of nitrogens with zero attached hydrogens (tertiary/aromatic N) is 2. The first kappa shape index (κ1) is 21.9. The van der Waals surface area contributed by atoms with Crippen molar-refractivity contribution in [3.63, 3.8) is 0 Å². The fourth-order valence-electron chi connectivity index (χ4n) is 3.64. The molecule has 1 aromatic heterocycles. The van der Waals surface area contributed by atoms with Crippen molar-refractivity contribution in [2.75, 3.05) is 40.3 Å². The molecule has 0 bridgehead atoms. The lowest BCUT2D eigenvalue weighted by molar-refractivity contribution is 0.213. The summed E-state index contributed by atoms with van der Waals surface area (Å²) < 4.78 is 13.5. The molecule has 27 heavy (non-hydrogen) atoms. The molecule has 2 heterocycles. The minimum Gasteiger partial charge on any atom is -0.361 e. The molecule has 150 valence electrons. The van der Waals surface area contributed by atoms with Crippen molar-refractivity contribution >= 4 is 40.8 Å². The summed E-state index contributed by atoms with van der Waals surface area (Å²) in [5.74, 6) is 1.46. The highest BCUT2D eigenvalue weighted by Crippen LogP contribution is 2.20. The highest BCUT2D eigenvalue weighted by Gasteiger charge is 2.16. The maximum absolute atomic E-state index is 13.5. The highest BCUT2D eigenvalue weighted by molar-refractivity contribution is 14.0. The Morgan fingerprint density at radius 3 is 2.74 bits per heavy atom. The number of fused-ring (bicyclic) bond motifs is 1. The van der Waals surface area contributed by atoms with Crippen LogP contribution in [0, 0.1) is 11.7 Å². The van der Waals surface area contributed by atoms with Crippen LogP contribution in [-0.4, -0.2) is 56.1 Å². The van der Waals surface area contributed by atoms with Crippen molar-refractivity contribution in [1.82, 2.24) is 20.5 Å². The van der Waals surface area contributed by atoms with Gasteiger partial charge in [0.25, 0.3) is 0 Å². The van der Waals surface area contributed by atoms with E-state index in [1.54, 1.807) is 19.2 Å². The smallest absolute Gasteiger partial charge is 0.190 e. The third kappa shape index (κ3) is 6.34. The molecule has 1 saturated heterocycles. The van der Waals surface area contributed by atoms with E-state index in [9.17, 15) is 4.39 Å². The summed E-state index contributed by atoms with van der Waals surface area (Å²) in [6, 6.07) is 4.86.